The highest BCUT2D eigenvalue weighted by Gasteiger charge is 2.52. The molecule has 1 aromatic rings. The van der Waals surface area contributed by atoms with Crippen molar-refractivity contribution in [2.24, 2.45) is 0 Å². The van der Waals surface area contributed by atoms with Gasteiger partial charge in [-0.3, -0.25) is 29.5 Å². The van der Waals surface area contributed by atoms with Gasteiger partial charge in [0.1, 0.15) is 12.1 Å². The third-order valence-corrected chi connectivity index (χ3v) is 4.58. The fourth-order valence-electron chi connectivity index (χ4n) is 3.14. The smallest absolute Gasteiger partial charge is 0.318 e. The molecule has 0 unspecified atom stereocenters. The van der Waals surface area contributed by atoms with E-state index in [9.17, 15) is 24.0 Å². The van der Waals surface area contributed by atoms with Gasteiger partial charge in [0.25, 0.3) is 11.8 Å². The highest BCUT2D eigenvalue weighted by Crippen LogP contribution is 2.31. The third-order valence-electron chi connectivity index (χ3n) is 4.58. The molecule has 0 aliphatic carbocycles. The Hall–Kier alpha value is -3.23. The first-order valence-corrected chi connectivity index (χ1v) is 8.24. The molecule has 1 aromatic carbocycles. The molecule has 3 rings (SSSR count). The second kappa shape index (κ2) is 6.58. The normalized spacial score (nSPS) is 22.8. The van der Waals surface area contributed by atoms with Crippen LogP contribution in [0, 0.1) is 0 Å². The lowest BCUT2D eigenvalue weighted by molar-refractivity contribution is -0.145. The zero-order valence-corrected chi connectivity index (χ0v) is 14.2. The first-order valence-electron chi connectivity index (χ1n) is 8.24. The van der Waals surface area contributed by atoms with Crippen LogP contribution in [0.1, 0.15) is 31.7 Å². The molecule has 2 heterocycles. The maximum absolute atomic E-state index is 12.9. The zero-order chi connectivity index (χ0) is 18.9. The Bertz CT molecular complexity index is 778. The topological polar surface area (TPSA) is 116 Å². The molecule has 0 spiro atoms. The summed E-state index contributed by atoms with van der Waals surface area (Å²) in [6, 6.07) is 7.95. The van der Waals surface area contributed by atoms with Crippen LogP contribution in [-0.2, 0) is 24.7 Å². The largest absolute Gasteiger partial charge is 0.344 e. The van der Waals surface area contributed by atoms with Gasteiger partial charge in [-0.25, -0.2) is 4.79 Å². The highest BCUT2D eigenvalue weighted by molar-refractivity contribution is 6.09. The Kier molecular flexibility index (Phi) is 4.45. The van der Waals surface area contributed by atoms with E-state index in [0.717, 1.165) is 4.90 Å². The fourth-order valence-corrected chi connectivity index (χ4v) is 3.14. The van der Waals surface area contributed by atoms with Crippen LogP contribution in [0.25, 0.3) is 0 Å². The van der Waals surface area contributed by atoms with Crippen molar-refractivity contribution in [1.29, 1.82) is 0 Å². The van der Waals surface area contributed by atoms with Gasteiger partial charge in [0.2, 0.25) is 11.8 Å². The van der Waals surface area contributed by atoms with Crippen molar-refractivity contribution in [1.82, 2.24) is 20.7 Å². The number of nitrogens with zero attached hydrogens (tertiary/aromatic N) is 2. The molecule has 136 valence electrons. The molecule has 9 nitrogen and oxygen atoms in total. The van der Waals surface area contributed by atoms with Gasteiger partial charge in [0.05, 0.1) is 0 Å². The van der Waals surface area contributed by atoms with Crippen LogP contribution in [0.2, 0.25) is 0 Å². The lowest BCUT2D eigenvalue weighted by Gasteiger charge is -2.25. The van der Waals surface area contributed by atoms with Crippen LogP contribution in [0.3, 0.4) is 0 Å². The molecule has 0 bridgehead atoms. The van der Waals surface area contributed by atoms with Crippen LogP contribution in [-0.4, -0.2) is 46.1 Å². The van der Waals surface area contributed by atoms with Crippen molar-refractivity contribution >= 4 is 29.7 Å². The molecule has 26 heavy (non-hydrogen) atoms. The van der Waals surface area contributed by atoms with Gasteiger partial charge in [0.15, 0.2) is 0 Å². The Morgan fingerprint density at radius 2 is 1.73 bits per heavy atom. The molecule has 2 N–H and O–H groups in total. The molecule has 0 radical (unpaired) electrons. The van der Waals surface area contributed by atoms with Crippen LogP contribution in [0.5, 0.6) is 0 Å². The van der Waals surface area contributed by atoms with E-state index >= 15 is 0 Å². The van der Waals surface area contributed by atoms with Crippen LogP contribution >= 0.6 is 0 Å². The second-order valence-corrected chi connectivity index (χ2v) is 6.10. The van der Waals surface area contributed by atoms with Crippen LogP contribution in [0.15, 0.2) is 30.3 Å². The number of carbonyl (C=O) groups excluding carboxylic acids is 5. The summed E-state index contributed by atoms with van der Waals surface area (Å²) < 4.78 is 0. The van der Waals surface area contributed by atoms with E-state index in [1.54, 1.807) is 37.3 Å². The van der Waals surface area contributed by atoms with Crippen LogP contribution < -0.4 is 10.7 Å². The Morgan fingerprint density at radius 3 is 2.31 bits per heavy atom. The number of carbonyl (C=O) groups is 5. The summed E-state index contributed by atoms with van der Waals surface area (Å²) in [6.45, 7) is 1.22. The average Bonchev–Trinajstić information content (AvgIpc) is 3.08. The molecule has 0 saturated carbocycles. The van der Waals surface area contributed by atoms with Gasteiger partial charge in [0, 0.05) is 12.8 Å². The zero-order valence-electron chi connectivity index (χ0n) is 14.2. The summed E-state index contributed by atoms with van der Waals surface area (Å²) >= 11 is 0. The maximum Gasteiger partial charge on any atom is 0.344 e. The van der Waals surface area contributed by atoms with E-state index < -0.39 is 41.7 Å². The van der Waals surface area contributed by atoms with Gasteiger partial charge in [-0.05, 0) is 12.0 Å². The van der Waals surface area contributed by atoms with E-state index in [2.05, 4.69) is 10.7 Å². The SMILES string of the molecule is CC[C@]1(c2ccccc2)NC(=O)N(NC(=O)CN2C(=O)CCC2=O)C1=O. The van der Waals surface area contributed by atoms with Gasteiger partial charge in [-0.1, -0.05) is 37.3 Å². The number of urea groups is 1. The number of hydrogen-bond donors (Lipinski definition) is 2. The average molecular weight is 358 g/mol. The first-order chi connectivity index (χ1) is 12.4. The highest BCUT2D eigenvalue weighted by atomic mass is 16.2. The summed E-state index contributed by atoms with van der Waals surface area (Å²) in [6.07, 6.45) is 0.404. The Labute approximate surface area is 149 Å². The first kappa shape index (κ1) is 17.6. The predicted octanol–water partition coefficient (Wildman–Crippen LogP) is 0.0239. The van der Waals surface area contributed by atoms with E-state index in [4.69, 9.17) is 0 Å². The van der Waals surface area contributed by atoms with Crippen molar-refractivity contribution in [3.63, 3.8) is 0 Å². The molecule has 6 amide bonds. The Morgan fingerprint density at radius 1 is 1.12 bits per heavy atom. The predicted molar refractivity (Wildman–Crippen MR) is 87.9 cm³/mol. The number of rotatable bonds is 5. The molecule has 0 aromatic heterocycles. The molecule has 2 fully saturated rings. The molecule has 2 aliphatic rings. The summed E-state index contributed by atoms with van der Waals surface area (Å²) in [7, 11) is 0. The maximum atomic E-state index is 12.9. The van der Waals surface area contributed by atoms with Crippen molar-refractivity contribution in [2.45, 2.75) is 31.7 Å². The standard InChI is InChI=1S/C17H18N4O5/c1-2-17(11-6-4-3-5-7-11)15(25)21(16(26)18-17)19-12(22)10-20-13(23)8-9-14(20)24/h3-7H,2,8-10H2,1H3,(H,18,26)(H,19,22)/t17-/m1/s1. The van der Waals surface area contributed by atoms with Gasteiger partial charge < -0.3 is 5.32 Å². The van der Waals surface area contributed by atoms with E-state index in [-0.39, 0.29) is 19.3 Å². The summed E-state index contributed by atoms with van der Waals surface area (Å²) in [5.74, 6) is -2.32. The number of hydrogen-bond acceptors (Lipinski definition) is 5. The number of imide groups is 2. The van der Waals surface area contributed by atoms with Crippen LogP contribution in [0.4, 0.5) is 4.79 Å². The number of nitrogens with one attached hydrogen (secondary N) is 2. The minimum absolute atomic E-state index is 0.0577. The number of benzene rings is 1. The van der Waals surface area contributed by atoms with E-state index in [0.29, 0.717) is 10.6 Å². The van der Waals surface area contributed by atoms with Gasteiger partial charge >= 0.3 is 6.03 Å². The van der Waals surface area contributed by atoms with E-state index in [1.807, 2.05) is 0 Å². The lowest BCUT2D eigenvalue weighted by Crippen LogP contribution is -2.51. The minimum atomic E-state index is -1.27. The third kappa shape index (κ3) is 2.81. The Balaban J connectivity index is 1.76. The van der Waals surface area contributed by atoms with Gasteiger partial charge in [-0.2, -0.15) is 5.01 Å². The summed E-state index contributed by atoms with van der Waals surface area (Å²) in [5, 5.41) is 3.23. The van der Waals surface area contributed by atoms with Crippen molar-refractivity contribution < 1.29 is 24.0 Å². The molecule has 9 heteroatoms. The van der Waals surface area contributed by atoms with E-state index in [1.165, 1.54) is 0 Å². The van der Waals surface area contributed by atoms with Crippen molar-refractivity contribution in [2.75, 3.05) is 6.54 Å². The monoisotopic (exact) mass is 358 g/mol. The molecule has 2 aliphatic heterocycles. The number of hydrazine groups is 1. The number of likely N-dealkylation sites (tertiary alicyclic amines) is 1. The van der Waals surface area contributed by atoms with Crippen molar-refractivity contribution in [3.8, 4) is 0 Å². The minimum Gasteiger partial charge on any atom is -0.318 e. The molecular formula is C17H18N4O5. The van der Waals surface area contributed by atoms with Gasteiger partial charge in [-0.15, -0.1) is 0 Å². The molecular weight excluding hydrogens is 340 g/mol. The summed E-state index contributed by atoms with van der Waals surface area (Å²) in [5.41, 5.74) is 1.52. The quantitative estimate of drug-likeness (QED) is 0.569. The number of amides is 6. The van der Waals surface area contributed by atoms with Crippen molar-refractivity contribution in [3.05, 3.63) is 35.9 Å². The lowest BCUT2D eigenvalue weighted by atomic mass is 9.87. The molecule has 2 saturated heterocycles. The molecule has 1 atom stereocenters. The summed E-state index contributed by atoms with van der Waals surface area (Å²) in [4.78, 5) is 61.2. The fraction of sp³-hybridized carbons (Fsp3) is 0.353. The second-order valence-electron chi connectivity index (χ2n) is 6.10.